The number of nitro groups is 1. The van der Waals surface area contributed by atoms with Gasteiger partial charge in [0.2, 0.25) is 0 Å². The summed E-state index contributed by atoms with van der Waals surface area (Å²) in [6, 6.07) is 3.63. The summed E-state index contributed by atoms with van der Waals surface area (Å²) in [7, 11) is 1.73. The van der Waals surface area contributed by atoms with Crippen molar-refractivity contribution in [2.45, 2.75) is 25.8 Å². The van der Waals surface area contributed by atoms with Crippen molar-refractivity contribution < 1.29 is 13.7 Å². The lowest BCUT2D eigenvalue weighted by molar-refractivity contribution is -0.385. The molecule has 0 aliphatic carbocycles. The highest BCUT2D eigenvalue weighted by Gasteiger charge is 2.18. The van der Waals surface area contributed by atoms with Crippen LogP contribution in [0.3, 0.4) is 0 Å². The second kappa shape index (κ2) is 5.67. The largest absolute Gasteiger partial charge is 0.317 e. The van der Waals surface area contributed by atoms with Crippen LogP contribution in [0.25, 0.3) is 0 Å². The van der Waals surface area contributed by atoms with Crippen molar-refractivity contribution in [3.05, 3.63) is 39.4 Å². The van der Waals surface area contributed by atoms with E-state index in [-0.39, 0.29) is 17.3 Å². The van der Waals surface area contributed by atoms with E-state index >= 15 is 0 Å². The lowest BCUT2D eigenvalue weighted by Crippen LogP contribution is -2.24. The minimum atomic E-state index is -2.70. The standard InChI is InChI=1S/C11H14F2N2O2/c1-7(14-2)5-8-3-4-9(15(16)17)6-10(8)11(12)13/h3-4,6-7,11,14H,5H2,1-2H3. The number of non-ortho nitro benzene ring substituents is 1. The predicted molar refractivity (Wildman–Crippen MR) is 60.3 cm³/mol. The molecule has 1 unspecified atom stereocenters. The molecular weight excluding hydrogens is 230 g/mol. The third-order valence-electron chi connectivity index (χ3n) is 2.59. The van der Waals surface area contributed by atoms with Crippen LogP contribution < -0.4 is 5.32 Å². The molecular formula is C11H14F2N2O2. The van der Waals surface area contributed by atoms with Gasteiger partial charge < -0.3 is 5.32 Å². The topological polar surface area (TPSA) is 55.2 Å². The van der Waals surface area contributed by atoms with Crippen molar-refractivity contribution in [2.24, 2.45) is 0 Å². The fraction of sp³-hybridized carbons (Fsp3) is 0.455. The molecule has 0 spiro atoms. The van der Waals surface area contributed by atoms with E-state index in [1.165, 1.54) is 12.1 Å². The molecule has 6 heteroatoms. The van der Waals surface area contributed by atoms with Gasteiger partial charge in [-0.1, -0.05) is 6.07 Å². The zero-order chi connectivity index (χ0) is 13.0. The van der Waals surface area contributed by atoms with Crippen molar-refractivity contribution in [1.82, 2.24) is 5.32 Å². The average Bonchev–Trinajstić information content (AvgIpc) is 2.28. The molecule has 4 nitrogen and oxygen atoms in total. The quantitative estimate of drug-likeness (QED) is 0.640. The average molecular weight is 244 g/mol. The molecule has 1 rings (SSSR count). The maximum atomic E-state index is 12.8. The van der Waals surface area contributed by atoms with Crippen LogP contribution >= 0.6 is 0 Å². The van der Waals surface area contributed by atoms with Crippen LogP contribution in [0, 0.1) is 10.1 Å². The summed E-state index contributed by atoms with van der Waals surface area (Å²) in [5, 5.41) is 13.5. The molecule has 0 heterocycles. The Labute approximate surface area is 97.8 Å². The van der Waals surface area contributed by atoms with Crippen molar-refractivity contribution in [3.63, 3.8) is 0 Å². The Balaban J connectivity index is 3.08. The number of rotatable bonds is 5. The summed E-state index contributed by atoms with van der Waals surface area (Å²) < 4.78 is 25.6. The second-order valence-corrected chi connectivity index (χ2v) is 3.83. The number of benzene rings is 1. The molecule has 0 amide bonds. The number of nitrogens with one attached hydrogen (secondary N) is 1. The number of likely N-dealkylation sites (N-methyl/N-ethyl adjacent to an activating group) is 1. The van der Waals surface area contributed by atoms with E-state index in [0.717, 1.165) is 6.07 Å². The Morgan fingerprint density at radius 3 is 2.59 bits per heavy atom. The van der Waals surface area contributed by atoms with Crippen LogP contribution in [-0.2, 0) is 6.42 Å². The normalized spacial score (nSPS) is 12.8. The molecule has 0 aliphatic rings. The Morgan fingerprint density at radius 2 is 2.12 bits per heavy atom. The summed E-state index contributed by atoms with van der Waals surface area (Å²) in [5.74, 6) is 0. The van der Waals surface area contributed by atoms with E-state index in [1.807, 2.05) is 6.92 Å². The summed E-state index contributed by atoms with van der Waals surface area (Å²) in [5.41, 5.74) is -0.130. The molecule has 0 bridgehead atoms. The van der Waals surface area contributed by atoms with Gasteiger partial charge in [-0.05, 0) is 26.0 Å². The van der Waals surface area contributed by atoms with Gasteiger partial charge in [-0.25, -0.2) is 8.78 Å². The minimum absolute atomic E-state index is 0.0361. The first-order chi connectivity index (χ1) is 7.95. The van der Waals surface area contributed by atoms with E-state index in [9.17, 15) is 18.9 Å². The van der Waals surface area contributed by atoms with Gasteiger partial charge in [-0.15, -0.1) is 0 Å². The second-order valence-electron chi connectivity index (χ2n) is 3.83. The molecule has 0 aliphatic heterocycles. The van der Waals surface area contributed by atoms with Crippen LogP contribution in [0.5, 0.6) is 0 Å². The maximum Gasteiger partial charge on any atom is 0.269 e. The molecule has 94 valence electrons. The first-order valence-electron chi connectivity index (χ1n) is 5.18. The van der Waals surface area contributed by atoms with Gasteiger partial charge in [0.15, 0.2) is 0 Å². The molecule has 0 fully saturated rings. The highest BCUT2D eigenvalue weighted by molar-refractivity contribution is 5.41. The smallest absolute Gasteiger partial charge is 0.269 e. The molecule has 0 aromatic heterocycles. The van der Waals surface area contributed by atoms with Gasteiger partial charge in [0.1, 0.15) is 0 Å². The Hall–Kier alpha value is -1.56. The third-order valence-corrected chi connectivity index (χ3v) is 2.59. The first kappa shape index (κ1) is 13.5. The molecule has 0 saturated carbocycles. The van der Waals surface area contributed by atoms with Crippen LogP contribution in [0.15, 0.2) is 18.2 Å². The highest BCUT2D eigenvalue weighted by atomic mass is 19.3. The number of hydrogen-bond acceptors (Lipinski definition) is 3. The van der Waals surface area contributed by atoms with E-state index in [4.69, 9.17) is 0 Å². The van der Waals surface area contributed by atoms with Crippen molar-refractivity contribution in [3.8, 4) is 0 Å². The van der Waals surface area contributed by atoms with Crippen LogP contribution in [0.2, 0.25) is 0 Å². The molecule has 1 aromatic carbocycles. The number of nitro benzene ring substituents is 1. The number of halogens is 2. The lowest BCUT2D eigenvalue weighted by atomic mass is 10.0. The van der Waals surface area contributed by atoms with Gasteiger partial charge in [0.05, 0.1) is 4.92 Å². The van der Waals surface area contributed by atoms with E-state index in [0.29, 0.717) is 12.0 Å². The molecule has 1 atom stereocenters. The number of hydrogen-bond donors (Lipinski definition) is 1. The van der Waals surface area contributed by atoms with Crippen LogP contribution in [0.1, 0.15) is 24.5 Å². The summed E-state index contributed by atoms with van der Waals surface area (Å²) in [6.07, 6.45) is -2.29. The Morgan fingerprint density at radius 1 is 1.47 bits per heavy atom. The highest BCUT2D eigenvalue weighted by Crippen LogP contribution is 2.27. The zero-order valence-electron chi connectivity index (χ0n) is 9.61. The lowest BCUT2D eigenvalue weighted by Gasteiger charge is -2.13. The zero-order valence-corrected chi connectivity index (χ0v) is 9.61. The minimum Gasteiger partial charge on any atom is -0.317 e. The fourth-order valence-corrected chi connectivity index (χ4v) is 1.52. The third kappa shape index (κ3) is 3.45. The summed E-state index contributed by atoms with van der Waals surface area (Å²) >= 11 is 0. The van der Waals surface area contributed by atoms with Crippen molar-refractivity contribution in [2.75, 3.05) is 7.05 Å². The predicted octanol–water partition coefficient (Wildman–Crippen LogP) is 2.68. The van der Waals surface area contributed by atoms with E-state index in [1.54, 1.807) is 7.05 Å². The van der Waals surface area contributed by atoms with E-state index in [2.05, 4.69) is 5.32 Å². The Kier molecular flexibility index (Phi) is 4.51. The maximum absolute atomic E-state index is 12.8. The molecule has 0 saturated heterocycles. The van der Waals surface area contributed by atoms with Crippen LogP contribution in [-0.4, -0.2) is 18.0 Å². The van der Waals surface area contributed by atoms with Gasteiger partial charge in [-0.3, -0.25) is 10.1 Å². The fourth-order valence-electron chi connectivity index (χ4n) is 1.52. The molecule has 17 heavy (non-hydrogen) atoms. The van der Waals surface area contributed by atoms with Crippen LogP contribution in [0.4, 0.5) is 14.5 Å². The molecule has 1 N–H and O–H groups in total. The van der Waals surface area contributed by atoms with Gasteiger partial charge in [0, 0.05) is 23.7 Å². The van der Waals surface area contributed by atoms with Crippen molar-refractivity contribution in [1.29, 1.82) is 0 Å². The monoisotopic (exact) mass is 244 g/mol. The van der Waals surface area contributed by atoms with Crippen molar-refractivity contribution >= 4 is 5.69 Å². The number of nitrogens with zero attached hydrogens (tertiary/aromatic N) is 1. The summed E-state index contributed by atoms with van der Waals surface area (Å²) in [6.45, 7) is 1.86. The SMILES string of the molecule is CNC(C)Cc1ccc([N+](=O)[O-])cc1C(F)F. The summed E-state index contributed by atoms with van der Waals surface area (Å²) in [4.78, 5) is 9.84. The molecule has 1 aromatic rings. The first-order valence-corrected chi connectivity index (χ1v) is 5.18. The molecule has 0 radical (unpaired) electrons. The van der Waals surface area contributed by atoms with Gasteiger partial charge in [-0.2, -0.15) is 0 Å². The Bertz CT molecular complexity index is 410. The van der Waals surface area contributed by atoms with E-state index < -0.39 is 11.3 Å². The number of alkyl halides is 2. The van der Waals surface area contributed by atoms with Gasteiger partial charge in [0.25, 0.3) is 12.1 Å². The van der Waals surface area contributed by atoms with Gasteiger partial charge >= 0.3 is 0 Å².